The Balaban J connectivity index is 1.47. The zero-order valence-corrected chi connectivity index (χ0v) is 9.71. The first kappa shape index (κ1) is 10.3. The lowest BCUT2D eigenvalue weighted by Gasteiger charge is -2.06. The van der Waals surface area contributed by atoms with Crippen LogP contribution in [0.2, 0.25) is 0 Å². The van der Waals surface area contributed by atoms with Gasteiger partial charge < -0.3 is 10.6 Å². The molecule has 2 aliphatic carbocycles. The fourth-order valence-corrected chi connectivity index (χ4v) is 1.87. The van der Waals surface area contributed by atoms with Crippen molar-refractivity contribution in [3.63, 3.8) is 0 Å². The van der Waals surface area contributed by atoms with Crippen LogP contribution in [0.25, 0.3) is 0 Å². The number of hydrogen-bond donors (Lipinski definition) is 2. The minimum Gasteiger partial charge on any atom is -0.310 e. The second kappa shape index (κ2) is 4.56. The first-order valence-electron chi connectivity index (χ1n) is 6.45. The van der Waals surface area contributed by atoms with Crippen LogP contribution in [0.15, 0.2) is 24.3 Å². The van der Waals surface area contributed by atoms with Gasteiger partial charge in [-0.2, -0.15) is 0 Å². The van der Waals surface area contributed by atoms with Gasteiger partial charge in [0.25, 0.3) is 0 Å². The molecular weight excluding hydrogens is 196 g/mol. The van der Waals surface area contributed by atoms with E-state index in [9.17, 15) is 0 Å². The van der Waals surface area contributed by atoms with Crippen molar-refractivity contribution in [1.29, 1.82) is 0 Å². The summed E-state index contributed by atoms with van der Waals surface area (Å²) < 4.78 is 0. The molecule has 0 unspecified atom stereocenters. The van der Waals surface area contributed by atoms with E-state index in [4.69, 9.17) is 0 Å². The predicted molar refractivity (Wildman–Crippen MR) is 66.2 cm³/mol. The zero-order chi connectivity index (χ0) is 10.8. The van der Waals surface area contributed by atoms with E-state index in [0.29, 0.717) is 0 Å². The lowest BCUT2D eigenvalue weighted by molar-refractivity contribution is 0.680. The molecule has 1 aromatic carbocycles. The molecule has 0 bridgehead atoms. The van der Waals surface area contributed by atoms with Crippen molar-refractivity contribution >= 4 is 0 Å². The van der Waals surface area contributed by atoms with Crippen molar-refractivity contribution in [2.24, 2.45) is 0 Å². The Labute approximate surface area is 97.4 Å². The highest BCUT2D eigenvalue weighted by atomic mass is 14.9. The lowest BCUT2D eigenvalue weighted by atomic mass is 10.1. The molecule has 0 aliphatic heterocycles. The Bertz CT molecular complexity index is 301. The highest BCUT2D eigenvalue weighted by Gasteiger charge is 2.20. The van der Waals surface area contributed by atoms with Crippen LogP contribution in [0, 0.1) is 0 Å². The van der Waals surface area contributed by atoms with Crippen LogP contribution >= 0.6 is 0 Å². The fourth-order valence-electron chi connectivity index (χ4n) is 1.87. The quantitative estimate of drug-likeness (QED) is 0.761. The minimum absolute atomic E-state index is 0.802. The van der Waals surface area contributed by atoms with Gasteiger partial charge in [0, 0.05) is 25.2 Å². The molecule has 2 heteroatoms. The normalized spacial score (nSPS) is 20.0. The second-order valence-electron chi connectivity index (χ2n) is 5.13. The first-order chi connectivity index (χ1) is 7.90. The molecule has 0 radical (unpaired) electrons. The average molecular weight is 216 g/mol. The van der Waals surface area contributed by atoms with E-state index in [0.717, 1.165) is 25.2 Å². The maximum absolute atomic E-state index is 3.54. The molecule has 2 nitrogen and oxygen atoms in total. The maximum Gasteiger partial charge on any atom is 0.0208 e. The van der Waals surface area contributed by atoms with Crippen LogP contribution in [0.3, 0.4) is 0 Å². The largest absolute Gasteiger partial charge is 0.310 e. The van der Waals surface area contributed by atoms with Crippen LogP contribution in [-0.2, 0) is 13.1 Å². The summed E-state index contributed by atoms with van der Waals surface area (Å²) >= 11 is 0. The van der Waals surface area contributed by atoms with Gasteiger partial charge in [-0.15, -0.1) is 0 Å². The van der Waals surface area contributed by atoms with Gasteiger partial charge in [-0.05, 0) is 36.8 Å². The zero-order valence-electron chi connectivity index (χ0n) is 9.71. The second-order valence-corrected chi connectivity index (χ2v) is 5.13. The van der Waals surface area contributed by atoms with Crippen LogP contribution in [0.5, 0.6) is 0 Å². The van der Waals surface area contributed by atoms with E-state index in [1.807, 2.05) is 0 Å². The van der Waals surface area contributed by atoms with Crippen LogP contribution in [0.1, 0.15) is 36.8 Å². The average Bonchev–Trinajstić information content (AvgIpc) is 3.17. The minimum atomic E-state index is 0.802. The molecule has 1 aromatic rings. The highest BCUT2D eigenvalue weighted by molar-refractivity contribution is 5.22. The van der Waals surface area contributed by atoms with E-state index in [1.54, 1.807) is 0 Å². The van der Waals surface area contributed by atoms with Crippen molar-refractivity contribution in [2.45, 2.75) is 50.9 Å². The predicted octanol–water partition coefficient (Wildman–Crippen LogP) is 2.19. The van der Waals surface area contributed by atoms with E-state index in [-0.39, 0.29) is 0 Å². The van der Waals surface area contributed by atoms with Crippen molar-refractivity contribution in [2.75, 3.05) is 0 Å². The summed E-state index contributed by atoms with van der Waals surface area (Å²) in [5, 5.41) is 7.07. The number of rotatable bonds is 6. The molecule has 2 fully saturated rings. The van der Waals surface area contributed by atoms with E-state index in [2.05, 4.69) is 34.9 Å². The summed E-state index contributed by atoms with van der Waals surface area (Å²) in [7, 11) is 0. The molecule has 0 heterocycles. The Hall–Kier alpha value is -0.860. The van der Waals surface area contributed by atoms with Crippen molar-refractivity contribution in [1.82, 2.24) is 10.6 Å². The number of benzene rings is 1. The Morgan fingerprint density at radius 3 is 1.44 bits per heavy atom. The van der Waals surface area contributed by atoms with Crippen molar-refractivity contribution < 1.29 is 0 Å². The molecule has 16 heavy (non-hydrogen) atoms. The topological polar surface area (TPSA) is 24.1 Å². The van der Waals surface area contributed by atoms with Gasteiger partial charge in [0.15, 0.2) is 0 Å². The van der Waals surface area contributed by atoms with E-state index < -0.39 is 0 Å². The summed E-state index contributed by atoms with van der Waals surface area (Å²) in [5.41, 5.74) is 2.81. The lowest BCUT2D eigenvalue weighted by Crippen LogP contribution is -2.16. The van der Waals surface area contributed by atoms with Gasteiger partial charge in [-0.1, -0.05) is 24.3 Å². The van der Waals surface area contributed by atoms with Gasteiger partial charge in [0.1, 0.15) is 0 Å². The maximum atomic E-state index is 3.54. The van der Waals surface area contributed by atoms with Gasteiger partial charge in [0.2, 0.25) is 0 Å². The third-order valence-electron chi connectivity index (χ3n) is 3.37. The van der Waals surface area contributed by atoms with Crippen molar-refractivity contribution in [3.05, 3.63) is 35.4 Å². The van der Waals surface area contributed by atoms with Gasteiger partial charge >= 0.3 is 0 Å². The summed E-state index contributed by atoms with van der Waals surface area (Å²) in [6, 6.07) is 10.6. The molecule has 0 atom stereocenters. The van der Waals surface area contributed by atoms with E-state index >= 15 is 0 Å². The molecular formula is C14H20N2. The molecule has 3 rings (SSSR count). The molecule has 2 saturated carbocycles. The number of hydrogen-bond acceptors (Lipinski definition) is 2. The molecule has 0 spiro atoms. The SMILES string of the molecule is c1cc(CNC2CC2)ccc1CNC1CC1. The highest BCUT2D eigenvalue weighted by Crippen LogP contribution is 2.20. The van der Waals surface area contributed by atoms with Gasteiger partial charge in [-0.3, -0.25) is 0 Å². The number of nitrogens with one attached hydrogen (secondary N) is 2. The third-order valence-corrected chi connectivity index (χ3v) is 3.37. The Kier molecular flexibility index (Phi) is 2.94. The first-order valence-corrected chi connectivity index (χ1v) is 6.45. The molecule has 2 aliphatic rings. The Morgan fingerprint density at radius 1 is 0.750 bits per heavy atom. The standard InChI is InChI=1S/C14H20N2/c1-2-12(10-16-14-7-8-14)4-3-11(1)9-15-13-5-6-13/h1-4,13-16H,5-10H2. The third kappa shape index (κ3) is 3.06. The van der Waals surface area contributed by atoms with Crippen LogP contribution in [-0.4, -0.2) is 12.1 Å². The van der Waals surface area contributed by atoms with Gasteiger partial charge in [-0.25, -0.2) is 0 Å². The summed E-state index contributed by atoms with van der Waals surface area (Å²) in [6.45, 7) is 2.06. The van der Waals surface area contributed by atoms with E-state index in [1.165, 1.54) is 36.8 Å². The summed E-state index contributed by atoms with van der Waals surface area (Å²) in [4.78, 5) is 0. The summed E-state index contributed by atoms with van der Waals surface area (Å²) in [5.74, 6) is 0. The summed E-state index contributed by atoms with van der Waals surface area (Å²) in [6.07, 6.45) is 5.46. The molecule has 0 amide bonds. The molecule has 86 valence electrons. The van der Waals surface area contributed by atoms with Crippen LogP contribution < -0.4 is 10.6 Å². The molecule has 2 N–H and O–H groups in total. The fraction of sp³-hybridized carbons (Fsp3) is 0.571. The molecule has 0 aromatic heterocycles. The van der Waals surface area contributed by atoms with Crippen molar-refractivity contribution in [3.8, 4) is 0 Å². The Morgan fingerprint density at radius 2 is 1.12 bits per heavy atom. The van der Waals surface area contributed by atoms with Crippen LogP contribution in [0.4, 0.5) is 0 Å². The smallest absolute Gasteiger partial charge is 0.0208 e. The molecule has 0 saturated heterocycles. The van der Waals surface area contributed by atoms with Gasteiger partial charge in [0.05, 0.1) is 0 Å². The monoisotopic (exact) mass is 216 g/mol.